The molecule has 0 unspecified atom stereocenters. The first-order valence-electron chi connectivity index (χ1n) is 5.49. The average Bonchev–Trinajstić information content (AvgIpc) is 2.21. The van der Waals surface area contributed by atoms with Crippen molar-refractivity contribution in [2.24, 2.45) is 0 Å². The molecule has 1 amide bonds. The van der Waals surface area contributed by atoms with Crippen LogP contribution in [-0.2, 0) is 11.3 Å². The van der Waals surface area contributed by atoms with Gasteiger partial charge in [-0.1, -0.05) is 25.4 Å². The summed E-state index contributed by atoms with van der Waals surface area (Å²) in [6, 6.07) is 1.21. The van der Waals surface area contributed by atoms with Gasteiger partial charge in [0.2, 0.25) is 5.91 Å². The molecule has 0 aliphatic heterocycles. The number of carbonyl (C=O) groups is 1. The van der Waals surface area contributed by atoms with Crippen LogP contribution in [0.5, 0.6) is 0 Å². The van der Waals surface area contributed by atoms with Gasteiger partial charge in [0.1, 0.15) is 17.5 Å². The lowest BCUT2D eigenvalue weighted by atomic mass is 10.2. The molecule has 1 rings (SSSR count). The lowest BCUT2D eigenvalue weighted by Crippen LogP contribution is -2.34. The summed E-state index contributed by atoms with van der Waals surface area (Å²) in [7, 11) is 0. The zero-order chi connectivity index (χ0) is 13.0. The Balaban J connectivity index is 3.13. The van der Waals surface area contributed by atoms with Gasteiger partial charge in [-0.3, -0.25) is 14.2 Å². The maximum atomic E-state index is 11.8. The molecule has 1 N–H and O–H groups in total. The molecule has 0 bridgehead atoms. The van der Waals surface area contributed by atoms with Crippen LogP contribution < -0.4 is 10.9 Å². The molecule has 0 aliphatic carbocycles. The highest BCUT2D eigenvalue weighted by Crippen LogP contribution is 2.12. The van der Waals surface area contributed by atoms with Crippen LogP contribution in [-0.4, -0.2) is 22.0 Å². The van der Waals surface area contributed by atoms with Crippen molar-refractivity contribution in [1.82, 2.24) is 14.9 Å². The van der Waals surface area contributed by atoms with E-state index in [9.17, 15) is 9.59 Å². The normalized spacial score (nSPS) is 10.6. The number of nitrogens with one attached hydrogen (secondary N) is 1. The SMILES string of the molecule is CCNC(=O)Cn1c(C(C)C)nc(Cl)cc1=O. The third-order valence-electron chi connectivity index (χ3n) is 2.20. The van der Waals surface area contributed by atoms with E-state index in [2.05, 4.69) is 10.3 Å². The van der Waals surface area contributed by atoms with Gasteiger partial charge in [0.05, 0.1) is 0 Å². The fourth-order valence-electron chi connectivity index (χ4n) is 1.49. The molecule has 0 atom stereocenters. The molecule has 0 aliphatic rings. The van der Waals surface area contributed by atoms with Crippen molar-refractivity contribution in [1.29, 1.82) is 0 Å². The zero-order valence-corrected chi connectivity index (χ0v) is 10.9. The van der Waals surface area contributed by atoms with Crippen molar-refractivity contribution < 1.29 is 4.79 Å². The molecule has 0 fully saturated rings. The Hall–Kier alpha value is -1.36. The van der Waals surface area contributed by atoms with E-state index in [4.69, 9.17) is 11.6 Å². The molecule has 1 heterocycles. The van der Waals surface area contributed by atoms with Crippen LogP contribution in [0.3, 0.4) is 0 Å². The van der Waals surface area contributed by atoms with Crippen LogP contribution in [0.1, 0.15) is 32.5 Å². The van der Waals surface area contributed by atoms with E-state index in [-0.39, 0.29) is 29.1 Å². The smallest absolute Gasteiger partial charge is 0.255 e. The van der Waals surface area contributed by atoms with Gasteiger partial charge in [-0.2, -0.15) is 0 Å². The molecule has 0 aromatic carbocycles. The van der Waals surface area contributed by atoms with E-state index in [0.29, 0.717) is 12.4 Å². The monoisotopic (exact) mass is 257 g/mol. The van der Waals surface area contributed by atoms with Gasteiger partial charge in [0.15, 0.2) is 0 Å². The minimum absolute atomic E-state index is 0.0235. The number of halogens is 1. The van der Waals surface area contributed by atoms with Crippen molar-refractivity contribution in [2.45, 2.75) is 33.2 Å². The molecule has 1 aromatic heterocycles. The average molecular weight is 258 g/mol. The predicted octanol–water partition coefficient (Wildman–Crippen LogP) is 1.16. The van der Waals surface area contributed by atoms with Gasteiger partial charge in [-0.15, -0.1) is 0 Å². The van der Waals surface area contributed by atoms with Crippen LogP contribution in [0.4, 0.5) is 0 Å². The van der Waals surface area contributed by atoms with Crippen LogP contribution in [0.2, 0.25) is 5.15 Å². The number of hydrogen-bond donors (Lipinski definition) is 1. The summed E-state index contributed by atoms with van der Waals surface area (Å²) in [5, 5.41) is 2.80. The van der Waals surface area contributed by atoms with E-state index in [1.807, 2.05) is 20.8 Å². The summed E-state index contributed by atoms with van der Waals surface area (Å²) in [4.78, 5) is 27.4. The Morgan fingerprint density at radius 1 is 1.59 bits per heavy atom. The van der Waals surface area contributed by atoms with E-state index in [1.165, 1.54) is 10.6 Å². The van der Waals surface area contributed by atoms with Gasteiger partial charge in [-0.25, -0.2) is 4.98 Å². The second-order valence-electron chi connectivity index (χ2n) is 3.97. The highest BCUT2D eigenvalue weighted by molar-refractivity contribution is 6.29. The molecule has 0 saturated heterocycles. The highest BCUT2D eigenvalue weighted by Gasteiger charge is 2.13. The zero-order valence-electron chi connectivity index (χ0n) is 10.2. The van der Waals surface area contributed by atoms with E-state index < -0.39 is 0 Å². The maximum Gasteiger partial charge on any atom is 0.255 e. The second-order valence-corrected chi connectivity index (χ2v) is 4.36. The van der Waals surface area contributed by atoms with E-state index in [0.717, 1.165) is 0 Å². The molecule has 17 heavy (non-hydrogen) atoms. The number of hydrogen-bond acceptors (Lipinski definition) is 3. The first kappa shape index (κ1) is 13.7. The van der Waals surface area contributed by atoms with Gasteiger partial charge in [0, 0.05) is 18.5 Å². The number of amides is 1. The Kier molecular flexibility index (Phi) is 4.69. The summed E-state index contributed by atoms with van der Waals surface area (Å²) >= 11 is 5.74. The Bertz CT molecular complexity index is 468. The lowest BCUT2D eigenvalue weighted by Gasteiger charge is -2.14. The number of nitrogens with zero attached hydrogens (tertiary/aromatic N) is 2. The third kappa shape index (κ3) is 3.56. The van der Waals surface area contributed by atoms with Crippen LogP contribution >= 0.6 is 11.6 Å². The molecule has 94 valence electrons. The van der Waals surface area contributed by atoms with Crippen LogP contribution in [0.25, 0.3) is 0 Å². The minimum atomic E-state index is -0.306. The Morgan fingerprint density at radius 3 is 2.76 bits per heavy atom. The van der Waals surface area contributed by atoms with Crippen LogP contribution in [0.15, 0.2) is 10.9 Å². The number of aromatic nitrogens is 2. The first-order valence-corrected chi connectivity index (χ1v) is 5.87. The lowest BCUT2D eigenvalue weighted by molar-refractivity contribution is -0.121. The standard InChI is InChI=1S/C11H16ClN3O2/c1-4-13-9(16)6-15-10(17)5-8(12)14-11(15)7(2)3/h5,7H,4,6H2,1-3H3,(H,13,16). The fourth-order valence-corrected chi connectivity index (χ4v) is 1.67. The Labute approximate surface area is 105 Å². The first-order chi connectivity index (χ1) is 7.95. The van der Waals surface area contributed by atoms with Crippen molar-refractivity contribution in [2.75, 3.05) is 6.54 Å². The molecule has 0 spiro atoms. The van der Waals surface area contributed by atoms with E-state index >= 15 is 0 Å². The molecule has 5 nitrogen and oxygen atoms in total. The molecular weight excluding hydrogens is 242 g/mol. The van der Waals surface area contributed by atoms with Crippen molar-refractivity contribution in [3.05, 3.63) is 27.4 Å². The molecule has 0 saturated carbocycles. The maximum absolute atomic E-state index is 11.8. The quantitative estimate of drug-likeness (QED) is 0.824. The third-order valence-corrected chi connectivity index (χ3v) is 2.39. The van der Waals surface area contributed by atoms with Crippen molar-refractivity contribution in [3.63, 3.8) is 0 Å². The van der Waals surface area contributed by atoms with Crippen molar-refractivity contribution >= 4 is 17.5 Å². The minimum Gasteiger partial charge on any atom is -0.355 e. The summed E-state index contributed by atoms with van der Waals surface area (Å²) in [5.41, 5.74) is -0.306. The molecule has 0 radical (unpaired) electrons. The number of carbonyl (C=O) groups excluding carboxylic acids is 1. The largest absolute Gasteiger partial charge is 0.355 e. The molecule has 6 heteroatoms. The predicted molar refractivity (Wildman–Crippen MR) is 66.3 cm³/mol. The van der Waals surface area contributed by atoms with E-state index in [1.54, 1.807) is 0 Å². The summed E-state index contributed by atoms with van der Waals surface area (Å²) < 4.78 is 1.35. The second kappa shape index (κ2) is 5.82. The number of rotatable bonds is 4. The van der Waals surface area contributed by atoms with Gasteiger partial charge in [0.25, 0.3) is 5.56 Å². The Morgan fingerprint density at radius 2 is 2.24 bits per heavy atom. The molecular formula is C11H16ClN3O2. The van der Waals surface area contributed by atoms with Crippen LogP contribution in [0, 0.1) is 0 Å². The van der Waals surface area contributed by atoms with Gasteiger partial charge in [-0.05, 0) is 6.92 Å². The topological polar surface area (TPSA) is 64.0 Å². The summed E-state index contributed by atoms with van der Waals surface area (Å²) in [5.74, 6) is 0.338. The van der Waals surface area contributed by atoms with Gasteiger partial charge < -0.3 is 5.32 Å². The summed E-state index contributed by atoms with van der Waals surface area (Å²) in [6.45, 7) is 6.12. The summed E-state index contributed by atoms with van der Waals surface area (Å²) in [6.07, 6.45) is 0. The highest BCUT2D eigenvalue weighted by atomic mass is 35.5. The van der Waals surface area contributed by atoms with Crippen molar-refractivity contribution in [3.8, 4) is 0 Å². The van der Waals surface area contributed by atoms with Gasteiger partial charge >= 0.3 is 0 Å². The fraction of sp³-hybridized carbons (Fsp3) is 0.545. The number of likely N-dealkylation sites (N-methyl/N-ethyl adjacent to an activating group) is 1. The molecule has 1 aromatic rings.